The molecule has 2 aromatic carbocycles. The Bertz CT molecular complexity index is 662. The van der Waals surface area contributed by atoms with Crippen molar-refractivity contribution in [3.05, 3.63) is 68.2 Å². The van der Waals surface area contributed by atoms with E-state index >= 15 is 0 Å². The van der Waals surface area contributed by atoms with E-state index in [2.05, 4.69) is 5.32 Å². The van der Waals surface area contributed by atoms with Gasteiger partial charge in [-0.25, -0.2) is 8.78 Å². The van der Waals surface area contributed by atoms with Crippen LogP contribution in [-0.2, 0) is 6.42 Å². The lowest BCUT2D eigenvalue weighted by Gasteiger charge is -2.18. The summed E-state index contributed by atoms with van der Waals surface area (Å²) in [6.07, 6.45) is 0.436. The van der Waals surface area contributed by atoms with E-state index in [1.54, 1.807) is 25.2 Å². The first-order valence-corrected chi connectivity index (χ1v) is 7.31. The maximum atomic E-state index is 14.0. The van der Waals surface area contributed by atoms with Crippen LogP contribution in [-0.4, -0.2) is 7.05 Å². The van der Waals surface area contributed by atoms with E-state index in [0.717, 1.165) is 17.7 Å². The van der Waals surface area contributed by atoms with E-state index in [1.807, 2.05) is 0 Å². The molecule has 0 aromatic heterocycles. The predicted molar refractivity (Wildman–Crippen MR) is 83.3 cm³/mol. The highest BCUT2D eigenvalue weighted by Crippen LogP contribution is 2.28. The first kappa shape index (κ1) is 16.5. The molecule has 112 valence electrons. The Hall–Kier alpha value is -0.870. The van der Waals surface area contributed by atoms with E-state index in [0.29, 0.717) is 16.5 Å². The SMILES string of the molecule is CNC(Cc1ccc(Cl)c(Cl)c1)c1cc(F)c(Cl)cc1F. The Morgan fingerprint density at radius 3 is 2.29 bits per heavy atom. The molecule has 0 spiro atoms. The first-order chi connectivity index (χ1) is 9.92. The van der Waals surface area contributed by atoms with Crippen molar-refractivity contribution >= 4 is 34.8 Å². The fraction of sp³-hybridized carbons (Fsp3) is 0.200. The van der Waals surface area contributed by atoms with E-state index < -0.39 is 17.7 Å². The second kappa shape index (κ2) is 6.93. The molecule has 0 saturated carbocycles. The Labute approximate surface area is 136 Å². The van der Waals surface area contributed by atoms with Crippen LogP contribution < -0.4 is 5.32 Å². The topological polar surface area (TPSA) is 12.0 Å². The van der Waals surface area contributed by atoms with Crippen LogP contribution in [0.1, 0.15) is 17.2 Å². The van der Waals surface area contributed by atoms with Gasteiger partial charge in [-0.1, -0.05) is 40.9 Å². The molecule has 2 aromatic rings. The van der Waals surface area contributed by atoms with Crippen molar-refractivity contribution in [1.29, 1.82) is 0 Å². The first-order valence-electron chi connectivity index (χ1n) is 6.18. The minimum absolute atomic E-state index is 0.213. The van der Waals surface area contributed by atoms with Gasteiger partial charge >= 0.3 is 0 Å². The van der Waals surface area contributed by atoms with Gasteiger partial charge in [0.2, 0.25) is 0 Å². The molecule has 1 nitrogen and oxygen atoms in total. The second-order valence-corrected chi connectivity index (χ2v) is 5.80. The molecule has 0 heterocycles. The Kier molecular flexibility index (Phi) is 5.44. The van der Waals surface area contributed by atoms with E-state index in [-0.39, 0.29) is 10.6 Å². The Morgan fingerprint density at radius 2 is 1.67 bits per heavy atom. The van der Waals surface area contributed by atoms with E-state index in [1.165, 1.54) is 0 Å². The number of likely N-dealkylation sites (N-methyl/N-ethyl adjacent to an activating group) is 1. The van der Waals surface area contributed by atoms with Gasteiger partial charge in [-0.15, -0.1) is 0 Å². The second-order valence-electron chi connectivity index (χ2n) is 4.58. The standard InChI is InChI=1S/C15H12Cl3F2N/c1-21-15(5-8-2-3-10(16)11(17)4-8)9-6-14(20)12(18)7-13(9)19/h2-4,6-7,15,21H,5H2,1H3. The molecule has 1 unspecified atom stereocenters. The summed E-state index contributed by atoms with van der Waals surface area (Å²) in [5.74, 6) is -1.21. The molecular weight excluding hydrogens is 339 g/mol. The van der Waals surface area contributed by atoms with E-state index in [4.69, 9.17) is 34.8 Å². The molecule has 0 aliphatic heterocycles. The normalized spacial score (nSPS) is 12.5. The van der Waals surface area contributed by atoms with Gasteiger partial charge in [0.15, 0.2) is 0 Å². The molecule has 21 heavy (non-hydrogen) atoms. The summed E-state index contributed by atoms with van der Waals surface area (Å²) in [5.41, 5.74) is 1.07. The molecule has 0 aliphatic carbocycles. The fourth-order valence-corrected chi connectivity index (χ4v) is 2.55. The number of nitrogens with one attached hydrogen (secondary N) is 1. The van der Waals surface area contributed by atoms with Crippen molar-refractivity contribution in [2.45, 2.75) is 12.5 Å². The minimum Gasteiger partial charge on any atom is -0.313 e. The molecule has 0 saturated heterocycles. The zero-order valence-corrected chi connectivity index (χ0v) is 13.3. The largest absolute Gasteiger partial charge is 0.313 e. The molecule has 1 atom stereocenters. The highest BCUT2D eigenvalue weighted by atomic mass is 35.5. The van der Waals surface area contributed by atoms with Crippen LogP contribution in [0.2, 0.25) is 15.1 Å². The van der Waals surface area contributed by atoms with Crippen molar-refractivity contribution in [2.24, 2.45) is 0 Å². The van der Waals surface area contributed by atoms with Crippen LogP contribution in [0, 0.1) is 11.6 Å². The summed E-state index contributed by atoms with van der Waals surface area (Å²) in [4.78, 5) is 0. The van der Waals surface area contributed by atoms with Gasteiger partial charge in [-0.2, -0.15) is 0 Å². The molecule has 0 fully saturated rings. The van der Waals surface area contributed by atoms with Crippen LogP contribution in [0.15, 0.2) is 30.3 Å². The molecule has 0 amide bonds. The molecule has 1 N–H and O–H groups in total. The maximum absolute atomic E-state index is 14.0. The summed E-state index contributed by atoms with van der Waals surface area (Å²) in [7, 11) is 1.67. The highest BCUT2D eigenvalue weighted by Gasteiger charge is 2.18. The molecular formula is C15H12Cl3F2N. The van der Waals surface area contributed by atoms with Crippen LogP contribution in [0.4, 0.5) is 8.78 Å². The third-order valence-electron chi connectivity index (χ3n) is 3.19. The summed E-state index contributed by atoms with van der Waals surface area (Å²) in [5, 5.41) is 3.60. The minimum atomic E-state index is -0.651. The Balaban J connectivity index is 2.31. The molecule has 2 rings (SSSR count). The summed E-state index contributed by atoms with van der Waals surface area (Å²) >= 11 is 17.4. The average Bonchev–Trinajstić information content (AvgIpc) is 2.44. The summed E-state index contributed by atoms with van der Waals surface area (Å²) in [6, 6.07) is 6.85. The monoisotopic (exact) mass is 349 g/mol. The third-order valence-corrected chi connectivity index (χ3v) is 4.22. The third kappa shape index (κ3) is 3.86. The van der Waals surface area contributed by atoms with Crippen LogP contribution in [0.25, 0.3) is 0 Å². The molecule has 6 heteroatoms. The number of rotatable bonds is 4. The number of hydrogen-bond donors (Lipinski definition) is 1. The highest BCUT2D eigenvalue weighted by molar-refractivity contribution is 6.42. The maximum Gasteiger partial charge on any atom is 0.142 e. The fourth-order valence-electron chi connectivity index (χ4n) is 2.07. The van der Waals surface area contributed by atoms with Gasteiger partial charge in [-0.05, 0) is 43.3 Å². The van der Waals surface area contributed by atoms with Crippen molar-refractivity contribution in [2.75, 3.05) is 7.05 Å². The van der Waals surface area contributed by atoms with Gasteiger partial charge in [-0.3, -0.25) is 0 Å². The number of halogens is 5. The van der Waals surface area contributed by atoms with E-state index in [9.17, 15) is 8.78 Å². The van der Waals surface area contributed by atoms with Gasteiger partial charge < -0.3 is 5.32 Å². The van der Waals surface area contributed by atoms with Crippen LogP contribution in [0.3, 0.4) is 0 Å². The van der Waals surface area contributed by atoms with Gasteiger partial charge in [0.25, 0.3) is 0 Å². The smallest absolute Gasteiger partial charge is 0.142 e. The number of hydrogen-bond acceptors (Lipinski definition) is 1. The lowest BCUT2D eigenvalue weighted by atomic mass is 9.98. The zero-order chi connectivity index (χ0) is 15.6. The quantitative estimate of drug-likeness (QED) is 0.725. The predicted octanol–water partition coefficient (Wildman–Crippen LogP) is 5.43. The summed E-state index contributed by atoms with van der Waals surface area (Å²) < 4.78 is 27.5. The van der Waals surface area contributed by atoms with Gasteiger partial charge in [0, 0.05) is 11.6 Å². The van der Waals surface area contributed by atoms with Crippen molar-refractivity contribution < 1.29 is 8.78 Å². The lowest BCUT2D eigenvalue weighted by Crippen LogP contribution is -2.20. The average molecular weight is 351 g/mol. The van der Waals surface area contributed by atoms with Crippen molar-refractivity contribution in [1.82, 2.24) is 5.32 Å². The zero-order valence-electron chi connectivity index (χ0n) is 11.1. The van der Waals surface area contributed by atoms with Gasteiger partial charge in [0.1, 0.15) is 11.6 Å². The lowest BCUT2D eigenvalue weighted by molar-refractivity contribution is 0.523. The molecule has 0 bridgehead atoms. The van der Waals surface area contributed by atoms with Crippen molar-refractivity contribution in [3.8, 4) is 0 Å². The molecule has 0 radical (unpaired) electrons. The van der Waals surface area contributed by atoms with Crippen molar-refractivity contribution in [3.63, 3.8) is 0 Å². The molecule has 0 aliphatic rings. The number of benzene rings is 2. The van der Waals surface area contributed by atoms with Gasteiger partial charge in [0.05, 0.1) is 15.1 Å². The Morgan fingerprint density at radius 1 is 0.952 bits per heavy atom. The summed E-state index contributed by atoms with van der Waals surface area (Å²) in [6.45, 7) is 0. The van der Waals surface area contributed by atoms with Crippen LogP contribution >= 0.6 is 34.8 Å². The van der Waals surface area contributed by atoms with Crippen LogP contribution in [0.5, 0.6) is 0 Å².